The minimum Gasteiger partial charge on any atom is -0.355 e. The quantitative estimate of drug-likeness (QED) is 0.795. The molecule has 0 aliphatic heterocycles. The highest BCUT2D eigenvalue weighted by atomic mass is 19.1. The summed E-state index contributed by atoms with van der Waals surface area (Å²) in [5, 5.41) is 2.92. The van der Waals surface area contributed by atoms with E-state index in [-0.39, 0.29) is 23.6 Å². The largest absolute Gasteiger partial charge is 0.355 e. The van der Waals surface area contributed by atoms with Gasteiger partial charge in [0.2, 0.25) is 5.91 Å². The molecule has 4 heteroatoms. The topological polar surface area (TPSA) is 55.1 Å². The van der Waals surface area contributed by atoms with Crippen LogP contribution < -0.4 is 11.1 Å². The first kappa shape index (κ1) is 15.6. The maximum absolute atomic E-state index is 12.7. The van der Waals surface area contributed by atoms with Crippen LogP contribution in [-0.2, 0) is 11.2 Å². The highest BCUT2D eigenvalue weighted by Crippen LogP contribution is 2.20. The van der Waals surface area contributed by atoms with E-state index < -0.39 is 0 Å². The van der Waals surface area contributed by atoms with Crippen LogP contribution in [0, 0.1) is 11.2 Å². The standard InChI is InChI=1S/C15H23FN2O/c1-15(2,8-3-9-17)11-18-14(19)10-12-4-6-13(16)7-5-12/h4-7H,3,8-11,17H2,1-2H3,(H,18,19). The molecule has 3 N–H and O–H groups in total. The predicted octanol–water partition coefficient (Wildman–Crippen LogP) is 2.25. The normalized spacial score (nSPS) is 11.4. The zero-order valence-electron chi connectivity index (χ0n) is 11.7. The smallest absolute Gasteiger partial charge is 0.224 e. The maximum atomic E-state index is 12.7. The second-order valence-corrected chi connectivity index (χ2v) is 5.64. The number of rotatable bonds is 7. The minimum atomic E-state index is -0.285. The van der Waals surface area contributed by atoms with Gasteiger partial charge in [-0.25, -0.2) is 4.39 Å². The highest BCUT2D eigenvalue weighted by molar-refractivity contribution is 5.78. The molecule has 0 bridgehead atoms. The van der Waals surface area contributed by atoms with Crippen molar-refractivity contribution in [3.05, 3.63) is 35.6 Å². The molecule has 0 fully saturated rings. The summed E-state index contributed by atoms with van der Waals surface area (Å²) in [5.41, 5.74) is 6.36. The zero-order chi connectivity index (χ0) is 14.3. The van der Waals surface area contributed by atoms with Gasteiger partial charge in [0.15, 0.2) is 0 Å². The van der Waals surface area contributed by atoms with Crippen LogP contribution in [-0.4, -0.2) is 19.0 Å². The average molecular weight is 266 g/mol. The second kappa shape index (κ2) is 7.24. The van der Waals surface area contributed by atoms with Crippen molar-refractivity contribution in [2.75, 3.05) is 13.1 Å². The van der Waals surface area contributed by atoms with Gasteiger partial charge in [-0.15, -0.1) is 0 Å². The Hall–Kier alpha value is -1.42. The number of nitrogens with two attached hydrogens (primary N) is 1. The first-order chi connectivity index (χ1) is 8.93. The predicted molar refractivity (Wildman–Crippen MR) is 75.2 cm³/mol. The van der Waals surface area contributed by atoms with E-state index in [0.717, 1.165) is 18.4 Å². The van der Waals surface area contributed by atoms with Crippen LogP contribution >= 0.6 is 0 Å². The van der Waals surface area contributed by atoms with Gasteiger partial charge in [-0.2, -0.15) is 0 Å². The molecule has 0 spiro atoms. The van der Waals surface area contributed by atoms with Crippen LogP contribution in [0.25, 0.3) is 0 Å². The lowest BCUT2D eigenvalue weighted by Crippen LogP contribution is -2.35. The maximum Gasteiger partial charge on any atom is 0.224 e. The Morgan fingerprint density at radius 1 is 1.32 bits per heavy atom. The van der Waals surface area contributed by atoms with Gasteiger partial charge < -0.3 is 11.1 Å². The van der Waals surface area contributed by atoms with Crippen LogP contribution in [0.2, 0.25) is 0 Å². The minimum absolute atomic E-state index is 0.0348. The van der Waals surface area contributed by atoms with Crippen molar-refractivity contribution in [1.82, 2.24) is 5.32 Å². The number of benzene rings is 1. The summed E-state index contributed by atoms with van der Waals surface area (Å²) in [4.78, 5) is 11.8. The molecule has 0 aliphatic rings. The molecular weight excluding hydrogens is 243 g/mol. The van der Waals surface area contributed by atoms with Crippen molar-refractivity contribution < 1.29 is 9.18 Å². The van der Waals surface area contributed by atoms with Crippen LogP contribution in [0.4, 0.5) is 4.39 Å². The van der Waals surface area contributed by atoms with E-state index in [4.69, 9.17) is 5.73 Å². The summed E-state index contributed by atoms with van der Waals surface area (Å²) in [5.74, 6) is -0.320. The molecule has 19 heavy (non-hydrogen) atoms. The molecule has 0 aromatic heterocycles. The van der Waals surface area contributed by atoms with E-state index in [2.05, 4.69) is 19.2 Å². The van der Waals surface area contributed by atoms with Crippen molar-refractivity contribution in [3.63, 3.8) is 0 Å². The fourth-order valence-electron chi connectivity index (χ4n) is 1.86. The Balaban J connectivity index is 2.37. The SMILES string of the molecule is CC(C)(CCCN)CNC(=O)Cc1ccc(F)cc1. The molecule has 0 radical (unpaired) electrons. The van der Waals surface area contributed by atoms with Crippen LogP contribution in [0.3, 0.4) is 0 Å². The molecule has 0 saturated carbocycles. The monoisotopic (exact) mass is 266 g/mol. The lowest BCUT2D eigenvalue weighted by Gasteiger charge is -2.24. The molecule has 1 aromatic rings. The first-order valence-corrected chi connectivity index (χ1v) is 6.64. The highest BCUT2D eigenvalue weighted by Gasteiger charge is 2.18. The molecule has 0 atom stereocenters. The first-order valence-electron chi connectivity index (χ1n) is 6.64. The number of halogens is 1. The van der Waals surface area contributed by atoms with Crippen molar-refractivity contribution in [1.29, 1.82) is 0 Å². The van der Waals surface area contributed by atoms with E-state index in [1.165, 1.54) is 12.1 Å². The third-order valence-corrected chi connectivity index (χ3v) is 3.10. The Bertz CT molecular complexity index is 401. The second-order valence-electron chi connectivity index (χ2n) is 5.64. The number of amides is 1. The van der Waals surface area contributed by atoms with E-state index in [0.29, 0.717) is 13.1 Å². The van der Waals surface area contributed by atoms with Gasteiger partial charge in [0.1, 0.15) is 5.82 Å². The number of hydrogen-bond acceptors (Lipinski definition) is 2. The van der Waals surface area contributed by atoms with Gasteiger partial charge in [-0.1, -0.05) is 26.0 Å². The number of hydrogen-bond donors (Lipinski definition) is 2. The van der Waals surface area contributed by atoms with Crippen LogP contribution in [0.15, 0.2) is 24.3 Å². The van der Waals surface area contributed by atoms with Gasteiger partial charge in [-0.3, -0.25) is 4.79 Å². The van der Waals surface area contributed by atoms with Crippen molar-refractivity contribution >= 4 is 5.91 Å². The third kappa shape index (κ3) is 6.34. The molecule has 1 amide bonds. The third-order valence-electron chi connectivity index (χ3n) is 3.10. The van der Waals surface area contributed by atoms with Gasteiger partial charge in [0, 0.05) is 6.54 Å². The molecule has 106 valence electrons. The molecule has 1 rings (SSSR count). The number of carbonyl (C=O) groups excluding carboxylic acids is 1. The van der Waals surface area contributed by atoms with Crippen LogP contribution in [0.1, 0.15) is 32.3 Å². The lowest BCUT2D eigenvalue weighted by molar-refractivity contribution is -0.120. The average Bonchev–Trinajstić information content (AvgIpc) is 2.37. The Morgan fingerprint density at radius 2 is 1.95 bits per heavy atom. The summed E-state index contributed by atoms with van der Waals surface area (Å²) in [7, 11) is 0. The van der Waals surface area contributed by atoms with E-state index >= 15 is 0 Å². The van der Waals surface area contributed by atoms with E-state index in [9.17, 15) is 9.18 Å². The Labute approximate surface area is 114 Å². The summed E-state index contributed by atoms with van der Waals surface area (Å²) in [6.07, 6.45) is 2.23. The molecular formula is C15H23FN2O. The summed E-state index contributed by atoms with van der Waals surface area (Å²) in [6.45, 7) is 5.53. The Morgan fingerprint density at radius 3 is 2.53 bits per heavy atom. The van der Waals surface area contributed by atoms with Crippen molar-refractivity contribution in [2.45, 2.75) is 33.1 Å². The zero-order valence-corrected chi connectivity index (χ0v) is 11.7. The molecule has 3 nitrogen and oxygen atoms in total. The number of carbonyl (C=O) groups is 1. The molecule has 0 heterocycles. The van der Waals surface area contributed by atoms with Crippen molar-refractivity contribution in [3.8, 4) is 0 Å². The van der Waals surface area contributed by atoms with Gasteiger partial charge in [0.05, 0.1) is 6.42 Å². The van der Waals surface area contributed by atoms with Gasteiger partial charge >= 0.3 is 0 Å². The fraction of sp³-hybridized carbons (Fsp3) is 0.533. The molecule has 0 saturated heterocycles. The summed E-state index contributed by atoms with van der Waals surface area (Å²) >= 11 is 0. The number of nitrogens with one attached hydrogen (secondary N) is 1. The molecule has 1 aromatic carbocycles. The summed E-state index contributed by atoms with van der Waals surface area (Å²) < 4.78 is 12.7. The Kier molecular flexibility index (Phi) is 5.96. The molecule has 0 unspecified atom stereocenters. The lowest BCUT2D eigenvalue weighted by atomic mass is 9.87. The fourth-order valence-corrected chi connectivity index (χ4v) is 1.86. The van der Waals surface area contributed by atoms with E-state index in [1.807, 2.05) is 0 Å². The van der Waals surface area contributed by atoms with Gasteiger partial charge in [-0.05, 0) is 42.5 Å². The van der Waals surface area contributed by atoms with Crippen LogP contribution in [0.5, 0.6) is 0 Å². The van der Waals surface area contributed by atoms with Crippen molar-refractivity contribution in [2.24, 2.45) is 11.1 Å². The molecule has 0 aliphatic carbocycles. The van der Waals surface area contributed by atoms with Gasteiger partial charge in [0.25, 0.3) is 0 Å². The van der Waals surface area contributed by atoms with E-state index in [1.54, 1.807) is 12.1 Å². The summed E-state index contributed by atoms with van der Waals surface area (Å²) in [6, 6.07) is 6.00.